The molecule has 7 heteroatoms. The van der Waals surface area contributed by atoms with E-state index in [0.29, 0.717) is 30.4 Å². The van der Waals surface area contributed by atoms with Gasteiger partial charge >= 0.3 is 0 Å². The molecule has 0 aromatic carbocycles. The minimum absolute atomic E-state index is 0.147. The third-order valence-corrected chi connectivity index (χ3v) is 4.27. The second-order valence-electron chi connectivity index (χ2n) is 6.01. The van der Waals surface area contributed by atoms with E-state index in [4.69, 9.17) is 9.26 Å². The lowest BCUT2D eigenvalue weighted by Gasteiger charge is -2.16. The molecule has 1 atom stereocenters. The van der Waals surface area contributed by atoms with Gasteiger partial charge in [-0.1, -0.05) is 0 Å². The third kappa shape index (κ3) is 3.38. The first-order chi connectivity index (χ1) is 11.1. The van der Waals surface area contributed by atoms with Crippen molar-refractivity contribution in [1.82, 2.24) is 19.6 Å². The number of ether oxygens (including phenoxy) is 1. The molecule has 3 heterocycles. The summed E-state index contributed by atoms with van der Waals surface area (Å²) in [5, 5.41) is 3.74. The van der Waals surface area contributed by atoms with Crippen molar-refractivity contribution in [1.29, 1.82) is 0 Å². The first kappa shape index (κ1) is 15.6. The Morgan fingerprint density at radius 3 is 3.00 bits per heavy atom. The molecule has 3 rings (SSSR count). The van der Waals surface area contributed by atoms with E-state index in [1.165, 1.54) is 7.11 Å². The minimum Gasteiger partial charge on any atom is -0.479 e. The number of aromatic nitrogens is 3. The number of hydrogen-bond acceptors (Lipinski definition) is 5. The van der Waals surface area contributed by atoms with Crippen molar-refractivity contribution >= 4 is 5.91 Å². The molecule has 0 bridgehead atoms. The monoisotopic (exact) mass is 318 g/mol. The maximum Gasteiger partial charge on any atom is 0.254 e. The quantitative estimate of drug-likeness (QED) is 0.838. The van der Waals surface area contributed by atoms with Crippen LogP contribution in [0.5, 0.6) is 5.88 Å². The summed E-state index contributed by atoms with van der Waals surface area (Å²) in [5.74, 6) is 2.65. The van der Waals surface area contributed by atoms with Gasteiger partial charge in [0, 0.05) is 51.2 Å². The van der Waals surface area contributed by atoms with Crippen LogP contribution < -0.4 is 4.74 Å². The smallest absolute Gasteiger partial charge is 0.254 e. The highest BCUT2D eigenvalue weighted by molar-refractivity contribution is 5.76. The predicted molar refractivity (Wildman–Crippen MR) is 83.3 cm³/mol. The van der Waals surface area contributed by atoms with Crippen molar-refractivity contribution in [2.45, 2.75) is 32.1 Å². The Morgan fingerprint density at radius 1 is 1.52 bits per heavy atom. The number of hydrogen-bond donors (Lipinski definition) is 0. The molecule has 2 aromatic rings. The second-order valence-corrected chi connectivity index (χ2v) is 6.01. The van der Waals surface area contributed by atoms with Crippen LogP contribution in [0.2, 0.25) is 0 Å². The summed E-state index contributed by atoms with van der Waals surface area (Å²) < 4.78 is 12.2. The summed E-state index contributed by atoms with van der Waals surface area (Å²) in [4.78, 5) is 18.9. The average Bonchev–Trinajstić information content (AvgIpc) is 3.24. The summed E-state index contributed by atoms with van der Waals surface area (Å²) in [7, 11) is 3.55. The van der Waals surface area contributed by atoms with Crippen LogP contribution in [0, 0.1) is 6.92 Å². The van der Waals surface area contributed by atoms with E-state index in [0.717, 1.165) is 31.0 Å². The summed E-state index contributed by atoms with van der Waals surface area (Å²) >= 11 is 0. The third-order valence-electron chi connectivity index (χ3n) is 4.27. The molecule has 0 spiro atoms. The molecule has 1 saturated heterocycles. The van der Waals surface area contributed by atoms with Crippen LogP contribution in [0.1, 0.15) is 36.0 Å². The number of likely N-dealkylation sites (tertiary alicyclic amines) is 1. The van der Waals surface area contributed by atoms with Crippen LogP contribution in [-0.4, -0.2) is 45.7 Å². The second kappa shape index (κ2) is 6.44. The number of aryl methyl sites for hydroxylation is 3. The van der Waals surface area contributed by atoms with Gasteiger partial charge in [-0.3, -0.25) is 4.79 Å². The molecule has 7 nitrogen and oxygen atoms in total. The number of methoxy groups -OCH3 is 1. The highest BCUT2D eigenvalue weighted by Crippen LogP contribution is 2.27. The lowest BCUT2D eigenvalue weighted by atomic mass is 10.1. The largest absolute Gasteiger partial charge is 0.479 e. The summed E-state index contributed by atoms with van der Waals surface area (Å²) in [6.07, 6.45) is 3.95. The summed E-state index contributed by atoms with van der Waals surface area (Å²) in [6, 6.07) is 1.72. The van der Waals surface area contributed by atoms with Crippen LogP contribution in [0.4, 0.5) is 0 Å². The van der Waals surface area contributed by atoms with Crippen molar-refractivity contribution in [3.63, 3.8) is 0 Å². The Hall–Kier alpha value is -2.31. The van der Waals surface area contributed by atoms with Gasteiger partial charge in [0.15, 0.2) is 0 Å². The maximum atomic E-state index is 12.4. The van der Waals surface area contributed by atoms with Crippen LogP contribution >= 0.6 is 0 Å². The maximum absolute atomic E-state index is 12.4. The topological polar surface area (TPSA) is 73.4 Å². The summed E-state index contributed by atoms with van der Waals surface area (Å²) in [6.45, 7) is 3.52. The molecule has 0 N–H and O–H groups in total. The van der Waals surface area contributed by atoms with Gasteiger partial charge in [-0.25, -0.2) is 4.98 Å². The van der Waals surface area contributed by atoms with Crippen LogP contribution in [0.15, 0.2) is 16.8 Å². The van der Waals surface area contributed by atoms with E-state index in [1.54, 1.807) is 6.07 Å². The fourth-order valence-electron chi connectivity index (χ4n) is 3.11. The van der Waals surface area contributed by atoms with E-state index < -0.39 is 0 Å². The Bertz CT molecular complexity index is 691. The van der Waals surface area contributed by atoms with Gasteiger partial charge in [0.25, 0.3) is 5.88 Å². The highest BCUT2D eigenvalue weighted by atomic mass is 16.5. The average molecular weight is 318 g/mol. The number of imidazole rings is 1. The first-order valence-corrected chi connectivity index (χ1v) is 7.84. The molecule has 2 aromatic heterocycles. The van der Waals surface area contributed by atoms with Crippen LogP contribution in [0.3, 0.4) is 0 Å². The van der Waals surface area contributed by atoms with Gasteiger partial charge in [-0.05, 0) is 18.5 Å². The van der Waals surface area contributed by atoms with Crippen LogP contribution in [0.25, 0.3) is 0 Å². The fourth-order valence-corrected chi connectivity index (χ4v) is 3.11. The minimum atomic E-state index is 0.147. The van der Waals surface area contributed by atoms with E-state index in [1.807, 2.05) is 25.1 Å². The van der Waals surface area contributed by atoms with Gasteiger partial charge in [0.2, 0.25) is 5.91 Å². The number of carbonyl (C=O) groups excluding carboxylic acids is 1. The first-order valence-electron chi connectivity index (χ1n) is 7.84. The number of nitrogens with zero attached hydrogens (tertiary/aromatic N) is 4. The standard InChI is InChI=1S/C16H22N4O3/c1-11-9-19(2)16(17-11)12-6-7-20(10-12)15(21)5-4-13-8-14(22-3)18-23-13/h8-9,12H,4-7,10H2,1-3H3/t12-/m1/s1. The van der Waals surface area contributed by atoms with Crippen molar-refractivity contribution < 1.29 is 14.1 Å². The molecule has 0 saturated carbocycles. The molecule has 1 aliphatic rings. The van der Waals surface area contributed by atoms with Gasteiger partial charge in [-0.15, -0.1) is 0 Å². The van der Waals surface area contributed by atoms with Crippen molar-refractivity contribution in [2.24, 2.45) is 7.05 Å². The normalized spacial score (nSPS) is 17.7. The SMILES string of the molecule is COc1cc(CCC(=O)N2CC[C@@H](c3nc(C)cn3C)C2)on1. The molecule has 0 radical (unpaired) electrons. The van der Waals surface area contributed by atoms with Gasteiger partial charge in [-0.2, -0.15) is 0 Å². The number of rotatable bonds is 5. The van der Waals surface area contributed by atoms with Crippen LogP contribution in [-0.2, 0) is 18.3 Å². The molecule has 1 fully saturated rings. The van der Waals surface area contributed by atoms with Crippen molar-refractivity contribution in [3.8, 4) is 5.88 Å². The molecule has 1 amide bonds. The predicted octanol–water partition coefficient (Wildman–Crippen LogP) is 1.67. The Balaban J connectivity index is 1.54. The van der Waals surface area contributed by atoms with Gasteiger partial charge in [0.1, 0.15) is 11.6 Å². The summed E-state index contributed by atoms with van der Waals surface area (Å²) in [5.41, 5.74) is 1.02. The molecular weight excluding hydrogens is 296 g/mol. The van der Waals surface area contributed by atoms with E-state index in [9.17, 15) is 4.79 Å². The zero-order chi connectivity index (χ0) is 16.4. The lowest BCUT2D eigenvalue weighted by molar-refractivity contribution is -0.130. The molecule has 23 heavy (non-hydrogen) atoms. The highest BCUT2D eigenvalue weighted by Gasteiger charge is 2.29. The molecular formula is C16H22N4O3. The molecule has 1 aliphatic heterocycles. The van der Waals surface area contributed by atoms with Gasteiger partial charge in [0.05, 0.1) is 12.8 Å². The molecule has 0 unspecified atom stereocenters. The van der Waals surface area contributed by atoms with Crippen molar-refractivity contribution in [2.75, 3.05) is 20.2 Å². The Labute approximate surface area is 135 Å². The molecule has 124 valence electrons. The lowest BCUT2D eigenvalue weighted by Crippen LogP contribution is -2.28. The van der Waals surface area contributed by atoms with E-state index in [2.05, 4.69) is 14.7 Å². The van der Waals surface area contributed by atoms with Crippen molar-refractivity contribution in [3.05, 3.63) is 29.5 Å². The zero-order valence-electron chi connectivity index (χ0n) is 13.8. The number of amides is 1. The fraction of sp³-hybridized carbons (Fsp3) is 0.562. The van der Waals surface area contributed by atoms with Gasteiger partial charge < -0.3 is 18.7 Å². The molecule has 0 aliphatic carbocycles. The Morgan fingerprint density at radius 2 is 2.35 bits per heavy atom. The van der Waals surface area contributed by atoms with E-state index >= 15 is 0 Å². The van der Waals surface area contributed by atoms with E-state index in [-0.39, 0.29) is 5.91 Å². The number of carbonyl (C=O) groups is 1. The zero-order valence-corrected chi connectivity index (χ0v) is 13.8. The Kier molecular flexibility index (Phi) is 4.36.